The van der Waals surface area contributed by atoms with Crippen LogP contribution in [0, 0.1) is 0 Å². The number of hydrogen-bond donors (Lipinski definition) is 2. The fourth-order valence-corrected chi connectivity index (χ4v) is 7.81. The summed E-state index contributed by atoms with van der Waals surface area (Å²) in [4.78, 5) is 5.44. The Morgan fingerprint density at radius 2 is 1.04 bits per heavy atom. The molecule has 0 amide bonds. The van der Waals surface area contributed by atoms with Gasteiger partial charge in [-0.25, -0.2) is 4.99 Å². The van der Waals surface area contributed by atoms with Gasteiger partial charge in [-0.05, 0) is 62.4 Å². The Labute approximate surface area is 308 Å². The lowest BCUT2D eigenvalue weighted by Gasteiger charge is -2.33. The highest BCUT2D eigenvalue weighted by Crippen LogP contribution is 2.41. The third-order valence-electron chi connectivity index (χ3n) is 10.4. The zero-order chi connectivity index (χ0) is 35.1. The van der Waals surface area contributed by atoms with Crippen LogP contribution in [0.15, 0.2) is 197 Å². The zero-order valence-electron chi connectivity index (χ0n) is 28.9. The molecule has 0 radical (unpaired) electrons. The second-order valence-electron chi connectivity index (χ2n) is 13.6. The summed E-state index contributed by atoms with van der Waals surface area (Å²) < 4.78 is 6.67. The van der Waals surface area contributed by atoms with E-state index in [0.717, 1.165) is 55.6 Å². The molecule has 53 heavy (non-hydrogen) atoms. The second-order valence-corrected chi connectivity index (χ2v) is 13.6. The minimum Gasteiger partial charge on any atom is -0.455 e. The number of furan rings is 1. The van der Waals surface area contributed by atoms with Gasteiger partial charge in [0.2, 0.25) is 0 Å². The summed E-state index contributed by atoms with van der Waals surface area (Å²) >= 11 is 0. The lowest BCUT2D eigenvalue weighted by Crippen LogP contribution is -2.45. The number of aliphatic imine (C=N–C) groups is 1. The summed E-state index contributed by atoms with van der Waals surface area (Å²) in [5.74, 6) is 0.838. The van der Waals surface area contributed by atoms with Gasteiger partial charge in [-0.15, -0.1) is 0 Å². The molecule has 8 aromatic carbocycles. The number of amidine groups is 1. The van der Waals surface area contributed by atoms with E-state index in [1.807, 2.05) is 6.07 Å². The maximum Gasteiger partial charge on any atom is 0.143 e. The molecule has 0 fully saturated rings. The predicted octanol–water partition coefficient (Wildman–Crippen LogP) is 12.1. The van der Waals surface area contributed by atoms with Gasteiger partial charge in [0.1, 0.15) is 29.3 Å². The van der Waals surface area contributed by atoms with Crippen LogP contribution in [-0.4, -0.2) is 5.84 Å². The molecule has 0 saturated heterocycles. The first-order chi connectivity index (χ1) is 26.3. The van der Waals surface area contributed by atoms with Crippen molar-refractivity contribution >= 4 is 38.5 Å². The number of benzene rings is 8. The van der Waals surface area contributed by atoms with E-state index in [-0.39, 0.29) is 12.3 Å². The van der Waals surface area contributed by atoms with Crippen molar-refractivity contribution in [2.75, 3.05) is 0 Å². The summed E-state index contributed by atoms with van der Waals surface area (Å²) in [6.07, 6.45) is -0.588. The van der Waals surface area contributed by atoms with E-state index in [2.05, 4.69) is 193 Å². The standard InChI is InChI=1S/C49H35N3O/c1-4-14-32(15-5-1)35-26-27-37-31-38(29-28-36(37)30-35)47-50-48(41-21-11-10-20-39(41)33-16-6-2-7-17-33)52-49(51-47)43-24-13-25-44-45(43)42-23-12-22-40(46(42)53-44)34-18-8-3-9-19-34/h1-31,48-49,52H,(H,50,51). The molecule has 2 unspecified atom stereocenters. The monoisotopic (exact) mass is 681 g/mol. The molecule has 0 saturated carbocycles. The Balaban J connectivity index is 1.12. The largest absolute Gasteiger partial charge is 0.455 e. The first kappa shape index (κ1) is 31.0. The fourth-order valence-electron chi connectivity index (χ4n) is 7.81. The van der Waals surface area contributed by atoms with Gasteiger partial charge in [0.25, 0.3) is 0 Å². The van der Waals surface area contributed by atoms with E-state index in [1.165, 1.54) is 33.0 Å². The molecule has 2 atom stereocenters. The van der Waals surface area contributed by atoms with Crippen LogP contribution in [0.25, 0.3) is 66.1 Å². The summed E-state index contributed by atoms with van der Waals surface area (Å²) in [5.41, 5.74) is 12.0. The maximum atomic E-state index is 6.67. The topological polar surface area (TPSA) is 49.6 Å². The first-order valence-electron chi connectivity index (χ1n) is 18.1. The first-order valence-corrected chi connectivity index (χ1v) is 18.1. The highest BCUT2D eigenvalue weighted by molar-refractivity contribution is 6.11. The minimum absolute atomic E-state index is 0.228. The van der Waals surface area contributed by atoms with Crippen molar-refractivity contribution in [2.45, 2.75) is 12.3 Å². The number of rotatable bonds is 6. The molecular weight excluding hydrogens is 647 g/mol. The van der Waals surface area contributed by atoms with Gasteiger partial charge in [0.15, 0.2) is 0 Å². The molecule has 0 spiro atoms. The highest BCUT2D eigenvalue weighted by Gasteiger charge is 2.29. The van der Waals surface area contributed by atoms with E-state index in [1.54, 1.807) is 0 Å². The number of para-hydroxylation sites is 1. The predicted molar refractivity (Wildman–Crippen MR) is 219 cm³/mol. The third-order valence-corrected chi connectivity index (χ3v) is 10.4. The summed E-state index contributed by atoms with van der Waals surface area (Å²) in [6.45, 7) is 0. The van der Waals surface area contributed by atoms with Crippen LogP contribution in [-0.2, 0) is 0 Å². The van der Waals surface area contributed by atoms with Crippen LogP contribution in [0.1, 0.15) is 29.0 Å². The SMILES string of the molecule is c1ccc(-c2ccc3cc(C4=NC(c5cccc6oc7c(-c8ccccc8)cccc7c56)NC(c5ccccc5-c5ccccc5)N4)ccc3c2)cc1. The van der Waals surface area contributed by atoms with Crippen molar-refractivity contribution in [3.63, 3.8) is 0 Å². The van der Waals surface area contributed by atoms with Crippen molar-refractivity contribution in [3.8, 4) is 33.4 Å². The lowest BCUT2D eigenvalue weighted by atomic mass is 9.95. The number of fused-ring (bicyclic) bond motifs is 4. The van der Waals surface area contributed by atoms with E-state index in [4.69, 9.17) is 9.41 Å². The summed E-state index contributed by atoms with van der Waals surface area (Å²) in [7, 11) is 0. The molecular formula is C49H35N3O. The Morgan fingerprint density at radius 1 is 0.453 bits per heavy atom. The lowest BCUT2D eigenvalue weighted by molar-refractivity contribution is 0.411. The van der Waals surface area contributed by atoms with Crippen LogP contribution in [0.2, 0.25) is 0 Å². The minimum atomic E-state index is -0.360. The Morgan fingerprint density at radius 3 is 1.79 bits per heavy atom. The van der Waals surface area contributed by atoms with Crippen molar-refractivity contribution in [1.82, 2.24) is 10.6 Å². The third kappa shape index (κ3) is 5.66. The fraction of sp³-hybridized carbons (Fsp3) is 0.0408. The molecule has 1 aromatic heterocycles. The quantitative estimate of drug-likeness (QED) is 0.184. The van der Waals surface area contributed by atoms with E-state index in [0.29, 0.717) is 0 Å². The molecule has 0 aliphatic carbocycles. The average molecular weight is 682 g/mol. The number of nitrogens with zero attached hydrogens (tertiary/aromatic N) is 1. The van der Waals surface area contributed by atoms with E-state index in [9.17, 15) is 0 Å². The average Bonchev–Trinajstić information content (AvgIpc) is 3.63. The molecule has 0 bridgehead atoms. The normalized spacial score (nSPS) is 15.7. The highest BCUT2D eigenvalue weighted by atomic mass is 16.3. The molecule has 10 rings (SSSR count). The van der Waals surface area contributed by atoms with Gasteiger partial charge in [-0.2, -0.15) is 0 Å². The molecule has 9 aromatic rings. The van der Waals surface area contributed by atoms with Crippen LogP contribution < -0.4 is 10.6 Å². The van der Waals surface area contributed by atoms with Gasteiger partial charge < -0.3 is 9.73 Å². The molecule has 2 N–H and O–H groups in total. The van der Waals surface area contributed by atoms with Crippen LogP contribution in [0.5, 0.6) is 0 Å². The number of hydrogen-bond acceptors (Lipinski definition) is 4. The van der Waals surface area contributed by atoms with Crippen molar-refractivity contribution in [3.05, 3.63) is 205 Å². The Bertz CT molecular complexity index is 2790. The van der Waals surface area contributed by atoms with E-state index < -0.39 is 0 Å². The summed E-state index contributed by atoms with van der Waals surface area (Å²) in [6, 6.07) is 66.3. The molecule has 2 heterocycles. The molecule has 1 aliphatic rings. The van der Waals surface area contributed by atoms with Gasteiger partial charge >= 0.3 is 0 Å². The van der Waals surface area contributed by atoms with Crippen LogP contribution >= 0.6 is 0 Å². The van der Waals surface area contributed by atoms with Crippen molar-refractivity contribution < 1.29 is 4.42 Å². The number of nitrogens with one attached hydrogen (secondary N) is 2. The maximum absolute atomic E-state index is 6.67. The van der Waals surface area contributed by atoms with Crippen molar-refractivity contribution in [2.24, 2.45) is 4.99 Å². The van der Waals surface area contributed by atoms with Gasteiger partial charge in [0, 0.05) is 27.5 Å². The van der Waals surface area contributed by atoms with Gasteiger partial charge in [0.05, 0.1) is 0 Å². The smallest absolute Gasteiger partial charge is 0.143 e. The molecule has 4 heteroatoms. The Kier molecular flexibility index (Phi) is 7.67. The van der Waals surface area contributed by atoms with Gasteiger partial charge in [-0.1, -0.05) is 170 Å². The second kappa shape index (κ2) is 13.1. The van der Waals surface area contributed by atoms with Crippen LogP contribution in [0.4, 0.5) is 0 Å². The van der Waals surface area contributed by atoms with Crippen LogP contribution in [0.3, 0.4) is 0 Å². The molecule has 1 aliphatic heterocycles. The Hall–Kier alpha value is -6.75. The molecule has 4 nitrogen and oxygen atoms in total. The van der Waals surface area contributed by atoms with E-state index >= 15 is 0 Å². The van der Waals surface area contributed by atoms with Crippen molar-refractivity contribution in [1.29, 1.82) is 0 Å². The zero-order valence-corrected chi connectivity index (χ0v) is 28.9. The van der Waals surface area contributed by atoms with Gasteiger partial charge in [-0.3, -0.25) is 5.32 Å². The molecule has 252 valence electrons. The summed E-state index contributed by atoms with van der Waals surface area (Å²) in [5, 5.41) is 12.2.